The standard InChI is InChI=1S/C24H37N3OS/c1-18-12-14-21(15-13-18)24(5,28)17-9-16-23(3,4)25-22(29)27-26-19(2)20-10-7-6-8-11-20/h6-8,10-12,21,28H,9,13-17H2,1-5H3,(H2,25,27,29)/b26-19-/t21-,24+/m1/s1. The molecule has 0 heterocycles. The van der Waals surface area contributed by atoms with Crippen molar-refractivity contribution in [1.82, 2.24) is 10.7 Å². The third-order valence-electron chi connectivity index (χ3n) is 5.97. The van der Waals surface area contributed by atoms with Gasteiger partial charge in [-0.3, -0.25) is 5.43 Å². The van der Waals surface area contributed by atoms with Gasteiger partial charge in [-0.2, -0.15) is 5.10 Å². The monoisotopic (exact) mass is 415 g/mol. The SMILES string of the molecule is CC1=CC[C@@H]([C@@](C)(O)CCCC(C)(C)NC(=S)N/N=C(/C)c2ccccc2)CC1. The van der Waals surface area contributed by atoms with Crippen molar-refractivity contribution in [2.24, 2.45) is 11.0 Å². The molecule has 0 aliphatic heterocycles. The van der Waals surface area contributed by atoms with E-state index in [0.717, 1.165) is 49.8 Å². The number of nitrogens with one attached hydrogen (secondary N) is 2. The predicted octanol–water partition coefficient (Wildman–Crippen LogP) is 5.32. The molecule has 3 N–H and O–H groups in total. The van der Waals surface area contributed by atoms with Crippen molar-refractivity contribution in [3.8, 4) is 0 Å². The van der Waals surface area contributed by atoms with Crippen LogP contribution in [0.15, 0.2) is 47.1 Å². The first-order chi connectivity index (χ1) is 13.6. The molecule has 0 spiro atoms. The molecule has 1 aliphatic carbocycles. The second kappa shape index (κ2) is 10.4. The molecule has 1 aromatic carbocycles. The summed E-state index contributed by atoms with van der Waals surface area (Å²) >= 11 is 5.42. The van der Waals surface area contributed by atoms with E-state index in [9.17, 15) is 5.11 Å². The molecule has 1 aromatic rings. The van der Waals surface area contributed by atoms with E-state index in [2.05, 4.69) is 42.7 Å². The van der Waals surface area contributed by atoms with Crippen molar-refractivity contribution in [2.45, 2.75) is 84.3 Å². The molecule has 5 heteroatoms. The van der Waals surface area contributed by atoms with Gasteiger partial charge in [0.15, 0.2) is 5.11 Å². The van der Waals surface area contributed by atoms with Gasteiger partial charge < -0.3 is 10.4 Å². The number of allylic oxidation sites excluding steroid dienone is 2. The lowest BCUT2D eigenvalue weighted by atomic mass is 9.76. The number of benzene rings is 1. The minimum Gasteiger partial charge on any atom is -0.390 e. The van der Waals surface area contributed by atoms with Gasteiger partial charge in [0.05, 0.1) is 11.3 Å². The Labute approximate surface area is 181 Å². The first kappa shape index (κ1) is 23.6. The van der Waals surface area contributed by atoms with Crippen molar-refractivity contribution in [3.63, 3.8) is 0 Å². The van der Waals surface area contributed by atoms with Crippen LogP contribution in [0.5, 0.6) is 0 Å². The van der Waals surface area contributed by atoms with Gasteiger partial charge in [-0.1, -0.05) is 42.0 Å². The molecule has 0 amide bonds. The van der Waals surface area contributed by atoms with Crippen molar-refractivity contribution in [1.29, 1.82) is 0 Å². The molecule has 2 rings (SSSR count). The highest BCUT2D eigenvalue weighted by molar-refractivity contribution is 7.80. The summed E-state index contributed by atoms with van der Waals surface area (Å²) in [4.78, 5) is 0. The number of hydrogen-bond acceptors (Lipinski definition) is 3. The van der Waals surface area contributed by atoms with Crippen LogP contribution in [0.25, 0.3) is 0 Å². The zero-order valence-electron chi connectivity index (χ0n) is 18.6. The van der Waals surface area contributed by atoms with Crippen molar-refractivity contribution >= 4 is 23.0 Å². The molecule has 0 bridgehead atoms. The summed E-state index contributed by atoms with van der Waals surface area (Å²) in [6.45, 7) is 10.4. The van der Waals surface area contributed by atoms with Crippen LogP contribution in [0.1, 0.15) is 78.7 Å². The molecule has 1 aliphatic rings. The van der Waals surface area contributed by atoms with Crippen molar-refractivity contribution in [3.05, 3.63) is 47.5 Å². The lowest BCUT2D eigenvalue weighted by Crippen LogP contribution is -2.47. The van der Waals surface area contributed by atoms with E-state index in [0.29, 0.717) is 11.0 Å². The van der Waals surface area contributed by atoms with Crippen molar-refractivity contribution < 1.29 is 5.11 Å². The number of rotatable bonds is 8. The van der Waals surface area contributed by atoms with Gasteiger partial charge >= 0.3 is 0 Å². The molecular weight excluding hydrogens is 378 g/mol. The van der Waals surface area contributed by atoms with Crippen LogP contribution in [0.2, 0.25) is 0 Å². The third-order valence-corrected chi connectivity index (χ3v) is 6.16. The number of aliphatic hydroxyl groups is 1. The lowest BCUT2D eigenvalue weighted by molar-refractivity contribution is -0.0159. The van der Waals surface area contributed by atoms with Gasteiger partial charge in [0.25, 0.3) is 0 Å². The summed E-state index contributed by atoms with van der Waals surface area (Å²) < 4.78 is 0. The third kappa shape index (κ3) is 7.90. The van der Waals surface area contributed by atoms with Gasteiger partial charge in [0.2, 0.25) is 0 Å². The Hall–Kier alpha value is -1.72. The Bertz CT molecular complexity index is 738. The van der Waals surface area contributed by atoms with E-state index in [1.807, 2.05) is 44.2 Å². The lowest BCUT2D eigenvalue weighted by Gasteiger charge is -2.36. The van der Waals surface area contributed by atoms with E-state index < -0.39 is 5.60 Å². The fourth-order valence-electron chi connectivity index (χ4n) is 3.90. The number of hydrogen-bond donors (Lipinski definition) is 3. The summed E-state index contributed by atoms with van der Waals surface area (Å²) in [5.41, 5.74) is 5.58. The average Bonchev–Trinajstić information content (AvgIpc) is 2.66. The number of nitrogens with zero attached hydrogens (tertiary/aromatic N) is 1. The van der Waals surface area contributed by atoms with Gasteiger partial charge in [0.1, 0.15) is 0 Å². The highest BCUT2D eigenvalue weighted by Crippen LogP contribution is 2.35. The Morgan fingerprint density at radius 2 is 1.90 bits per heavy atom. The van der Waals surface area contributed by atoms with Crippen LogP contribution in [-0.4, -0.2) is 27.1 Å². The van der Waals surface area contributed by atoms with Crippen LogP contribution in [0.4, 0.5) is 0 Å². The number of hydrazone groups is 1. The molecule has 160 valence electrons. The van der Waals surface area contributed by atoms with Gasteiger partial charge in [-0.15, -0.1) is 0 Å². The fraction of sp³-hybridized carbons (Fsp3) is 0.583. The van der Waals surface area contributed by atoms with Crippen LogP contribution in [-0.2, 0) is 0 Å². The molecule has 0 saturated heterocycles. The van der Waals surface area contributed by atoms with E-state index >= 15 is 0 Å². The average molecular weight is 416 g/mol. The summed E-state index contributed by atoms with van der Waals surface area (Å²) in [5, 5.41) is 19.2. The van der Waals surface area contributed by atoms with Crippen LogP contribution in [0, 0.1) is 5.92 Å². The van der Waals surface area contributed by atoms with Gasteiger partial charge in [-0.25, -0.2) is 0 Å². The molecule has 0 radical (unpaired) electrons. The highest BCUT2D eigenvalue weighted by atomic mass is 32.1. The molecule has 0 aromatic heterocycles. The molecular formula is C24H37N3OS. The van der Waals surface area contributed by atoms with Crippen molar-refractivity contribution in [2.75, 3.05) is 0 Å². The summed E-state index contributed by atoms with van der Waals surface area (Å²) in [7, 11) is 0. The second-order valence-corrected chi connectivity index (χ2v) is 9.65. The van der Waals surface area contributed by atoms with Gasteiger partial charge in [-0.05, 0) is 96.8 Å². The zero-order chi connectivity index (χ0) is 21.5. The zero-order valence-corrected chi connectivity index (χ0v) is 19.4. The molecule has 0 saturated carbocycles. The van der Waals surface area contributed by atoms with Crippen LogP contribution in [0.3, 0.4) is 0 Å². The summed E-state index contributed by atoms with van der Waals surface area (Å²) in [6.07, 6.45) is 8.15. The smallest absolute Gasteiger partial charge is 0.187 e. The maximum absolute atomic E-state index is 11.0. The Morgan fingerprint density at radius 1 is 1.21 bits per heavy atom. The maximum atomic E-state index is 11.0. The Morgan fingerprint density at radius 3 is 2.52 bits per heavy atom. The normalized spacial score (nSPS) is 19.9. The minimum atomic E-state index is -0.608. The first-order valence-electron chi connectivity index (χ1n) is 10.6. The largest absolute Gasteiger partial charge is 0.390 e. The summed E-state index contributed by atoms with van der Waals surface area (Å²) in [6, 6.07) is 10.0. The topological polar surface area (TPSA) is 56.6 Å². The minimum absolute atomic E-state index is 0.167. The molecule has 29 heavy (non-hydrogen) atoms. The van der Waals surface area contributed by atoms with E-state index in [1.54, 1.807) is 0 Å². The van der Waals surface area contributed by atoms with Crippen LogP contribution >= 0.6 is 12.2 Å². The predicted molar refractivity (Wildman–Crippen MR) is 127 cm³/mol. The maximum Gasteiger partial charge on any atom is 0.187 e. The quantitative estimate of drug-likeness (QED) is 0.233. The Balaban J connectivity index is 1.78. The highest BCUT2D eigenvalue weighted by Gasteiger charge is 2.32. The van der Waals surface area contributed by atoms with Crippen LogP contribution < -0.4 is 10.7 Å². The second-order valence-electron chi connectivity index (χ2n) is 9.25. The Kier molecular flexibility index (Phi) is 8.41. The number of thiocarbonyl (C=S) groups is 1. The fourth-order valence-corrected chi connectivity index (χ4v) is 4.22. The molecule has 2 atom stereocenters. The van der Waals surface area contributed by atoms with E-state index in [1.165, 1.54) is 5.57 Å². The molecule has 0 fully saturated rings. The molecule has 4 nitrogen and oxygen atoms in total. The van der Waals surface area contributed by atoms with E-state index in [-0.39, 0.29) is 5.54 Å². The summed E-state index contributed by atoms with van der Waals surface area (Å²) in [5.74, 6) is 0.361. The van der Waals surface area contributed by atoms with Gasteiger partial charge in [0, 0.05) is 5.54 Å². The first-order valence-corrected chi connectivity index (χ1v) is 11.1. The molecule has 0 unspecified atom stereocenters. The van der Waals surface area contributed by atoms with E-state index in [4.69, 9.17) is 12.2 Å².